The average Bonchev–Trinajstić information content (AvgIpc) is 2.63. The fourth-order valence-corrected chi connectivity index (χ4v) is 5.49. The Kier molecular flexibility index (Phi) is 4.98. The summed E-state index contributed by atoms with van der Waals surface area (Å²) in [6.45, 7) is 1.99. The van der Waals surface area contributed by atoms with E-state index in [4.69, 9.17) is 0 Å². The van der Waals surface area contributed by atoms with Crippen LogP contribution in [0.15, 0.2) is 28.0 Å². The highest BCUT2D eigenvalue weighted by molar-refractivity contribution is 8.00. The van der Waals surface area contributed by atoms with E-state index in [9.17, 15) is 13.2 Å². The fraction of sp³-hybridized carbons (Fsp3) is 0.562. The molecule has 0 saturated heterocycles. The van der Waals surface area contributed by atoms with Gasteiger partial charge in [-0.1, -0.05) is 26.2 Å². The van der Waals surface area contributed by atoms with E-state index in [0.29, 0.717) is 12.1 Å². The summed E-state index contributed by atoms with van der Waals surface area (Å²) < 4.78 is 28.0. The summed E-state index contributed by atoms with van der Waals surface area (Å²) in [5, 5.41) is 3.00. The van der Waals surface area contributed by atoms with Crippen molar-refractivity contribution in [1.82, 2.24) is 4.72 Å². The Morgan fingerprint density at radius 1 is 1.22 bits per heavy atom. The quantitative estimate of drug-likeness (QED) is 0.874. The monoisotopic (exact) mass is 354 g/mol. The second kappa shape index (κ2) is 6.83. The summed E-state index contributed by atoms with van der Waals surface area (Å²) >= 11 is 1.59. The van der Waals surface area contributed by atoms with Crippen molar-refractivity contribution in [3.63, 3.8) is 0 Å². The predicted octanol–water partition coefficient (Wildman–Crippen LogP) is 3.12. The van der Waals surface area contributed by atoms with Crippen molar-refractivity contribution in [3.8, 4) is 0 Å². The fourth-order valence-electron chi connectivity index (χ4n) is 3.11. The highest BCUT2D eigenvalue weighted by Crippen LogP contribution is 2.36. The first-order valence-corrected chi connectivity index (χ1v) is 10.4. The highest BCUT2D eigenvalue weighted by atomic mass is 32.2. The van der Waals surface area contributed by atoms with Gasteiger partial charge in [-0.25, -0.2) is 13.1 Å². The standard InChI is InChI=1S/C16H22N2O3S2/c1-11-9-16(19)17-14-10-13(7-8-15(14)22-11)23(20,21)18-12-5-3-2-4-6-12/h7-8,10-12,18H,2-6,9H2,1H3,(H,17,19)/t11-/m0/s1. The Morgan fingerprint density at radius 2 is 1.96 bits per heavy atom. The number of amides is 1. The van der Waals surface area contributed by atoms with Gasteiger partial charge in [-0.3, -0.25) is 4.79 Å². The Bertz CT molecular complexity index is 697. The molecule has 1 aromatic rings. The van der Waals surface area contributed by atoms with E-state index in [-0.39, 0.29) is 22.1 Å². The molecule has 1 aromatic carbocycles. The smallest absolute Gasteiger partial charge is 0.240 e. The second-order valence-corrected chi connectivity index (χ2v) is 9.49. The average molecular weight is 354 g/mol. The molecule has 1 saturated carbocycles. The van der Waals surface area contributed by atoms with E-state index in [1.807, 2.05) is 6.92 Å². The summed E-state index contributed by atoms with van der Waals surface area (Å²) in [5.74, 6) is -0.0708. The maximum atomic E-state index is 12.6. The molecule has 0 bridgehead atoms. The molecule has 0 radical (unpaired) electrons. The number of sulfonamides is 1. The zero-order chi connectivity index (χ0) is 16.4. The number of anilines is 1. The molecule has 3 rings (SSSR count). The predicted molar refractivity (Wildman–Crippen MR) is 92.2 cm³/mol. The van der Waals surface area contributed by atoms with Crippen LogP contribution < -0.4 is 10.0 Å². The van der Waals surface area contributed by atoms with Crippen molar-refractivity contribution >= 4 is 33.4 Å². The molecule has 1 aliphatic carbocycles. The Labute approximate surface area is 141 Å². The topological polar surface area (TPSA) is 75.3 Å². The van der Waals surface area contributed by atoms with Gasteiger partial charge in [0, 0.05) is 22.6 Å². The third-order valence-electron chi connectivity index (χ3n) is 4.26. The Balaban J connectivity index is 1.84. The summed E-state index contributed by atoms with van der Waals surface area (Å²) in [5.41, 5.74) is 0.593. The number of carbonyl (C=O) groups is 1. The minimum Gasteiger partial charge on any atom is -0.325 e. The summed E-state index contributed by atoms with van der Waals surface area (Å²) in [7, 11) is -3.55. The third-order valence-corrected chi connectivity index (χ3v) is 6.96. The van der Waals surface area contributed by atoms with Crippen LogP contribution in [0.3, 0.4) is 0 Å². The molecule has 1 aliphatic heterocycles. The van der Waals surface area contributed by atoms with Crippen molar-refractivity contribution in [1.29, 1.82) is 0 Å². The summed E-state index contributed by atoms with van der Waals surface area (Å²) in [6.07, 6.45) is 5.55. The molecule has 0 spiro atoms. The van der Waals surface area contributed by atoms with Crippen molar-refractivity contribution in [2.24, 2.45) is 0 Å². The molecule has 23 heavy (non-hydrogen) atoms. The summed E-state index contributed by atoms with van der Waals surface area (Å²) in [6, 6.07) is 5.01. The molecule has 2 aliphatic rings. The molecule has 1 heterocycles. The Morgan fingerprint density at radius 3 is 2.70 bits per heavy atom. The molecule has 126 valence electrons. The lowest BCUT2D eigenvalue weighted by molar-refractivity contribution is -0.116. The minimum atomic E-state index is -3.55. The number of rotatable bonds is 3. The van der Waals surface area contributed by atoms with Gasteiger partial charge in [-0.2, -0.15) is 0 Å². The lowest BCUT2D eigenvalue weighted by Crippen LogP contribution is -2.36. The molecule has 0 unspecified atom stereocenters. The third kappa shape index (κ3) is 4.08. The molecule has 2 N–H and O–H groups in total. The van der Waals surface area contributed by atoms with Gasteiger partial charge in [-0.05, 0) is 31.0 Å². The maximum Gasteiger partial charge on any atom is 0.240 e. The second-order valence-electron chi connectivity index (χ2n) is 6.29. The van der Waals surface area contributed by atoms with Gasteiger partial charge >= 0.3 is 0 Å². The molecular weight excluding hydrogens is 332 g/mol. The van der Waals surface area contributed by atoms with Crippen molar-refractivity contribution < 1.29 is 13.2 Å². The lowest BCUT2D eigenvalue weighted by atomic mass is 9.96. The number of benzene rings is 1. The molecule has 7 heteroatoms. The number of carbonyl (C=O) groups excluding carboxylic acids is 1. The van der Waals surface area contributed by atoms with Gasteiger partial charge < -0.3 is 5.32 Å². The van der Waals surface area contributed by atoms with Gasteiger partial charge in [0.2, 0.25) is 15.9 Å². The van der Waals surface area contributed by atoms with Gasteiger partial charge in [-0.15, -0.1) is 11.8 Å². The molecule has 1 amide bonds. The lowest BCUT2D eigenvalue weighted by Gasteiger charge is -2.22. The van der Waals surface area contributed by atoms with Gasteiger partial charge in [0.15, 0.2) is 0 Å². The van der Waals surface area contributed by atoms with Crippen LogP contribution in [0.25, 0.3) is 0 Å². The van der Waals surface area contributed by atoms with E-state index < -0.39 is 10.0 Å². The largest absolute Gasteiger partial charge is 0.325 e. The van der Waals surface area contributed by atoms with Crippen molar-refractivity contribution in [2.45, 2.75) is 66.5 Å². The number of fused-ring (bicyclic) bond motifs is 1. The maximum absolute atomic E-state index is 12.6. The molecule has 1 atom stereocenters. The zero-order valence-electron chi connectivity index (χ0n) is 13.2. The Hall–Kier alpha value is -1.05. The normalized spacial score (nSPS) is 23.0. The van der Waals surface area contributed by atoms with Crippen molar-refractivity contribution in [2.75, 3.05) is 5.32 Å². The highest BCUT2D eigenvalue weighted by Gasteiger charge is 2.24. The molecule has 1 fully saturated rings. The van der Waals surface area contributed by atoms with Gasteiger partial charge in [0.25, 0.3) is 0 Å². The van der Waals surface area contributed by atoms with Crippen LogP contribution in [-0.4, -0.2) is 25.6 Å². The first-order chi connectivity index (χ1) is 10.9. The van der Waals surface area contributed by atoms with E-state index >= 15 is 0 Å². The van der Waals surface area contributed by atoms with Crippen LogP contribution in [0.2, 0.25) is 0 Å². The molecule has 5 nitrogen and oxygen atoms in total. The van der Waals surface area contributed by atoms with E-state index in [1.165, 1.54) is 6.42 Å². The minimum absolute atomic E-state index is 0.0246. The van der Waals surface area contributed by atoms with Crippen LogP contribution in [0.4, 0.5) is 5.69 Å². The number of thioether (sulfide) groups is 1. The van der Waals surface area contributed by atoms with Crippen LogP contribution in [0.5, 0.6) is 0 Å². The number of nitrogens with one attached hydrogen (secondary N) is 2. The van der Waals surface area contributed by atoms with Crippen LogP contribution in [-0.2, 0) is 14.8 Å². The zero-order valence-corrected chi connectivity index (χ0v) is 14.8. The summed E-state index contributed by atoms with van der Waals surface area (Å²) in [4.78, 5) is 13.0. The SMILES string of the molecule is C[C@H]1CC(=O)Nc2cc(S(=O)(=O)NC3CCCCC3)ccc2S1. The van der Waals surface area contributed by atoms with Crippen molar-refractivity contribution in [3.05, 3.63) is 18.2 Å². The number of hydrogen-bond donors (Lipinski definition) is 2. The van der Waals surface area contributed by atoms with Gasteiger partial charge in [0.1, 0.15) is 0 Å². The first kappa shape index (κ1) is 16.8. The van der Waals surface area contributed by atoms with Crippen LogP contribution in [0.1, 0.15) is 45.4 Å². The molecule has 0 aromatic heterocycles. The van der Waals surface area contributed by atoms with Crippen LogP contribution in [0, 0.1) is 0 Å². The molecular formula is C16H22N2O3S2. The van der Waals surface area contributed by atoms with Crippen LogP contribution >= 0.6 is 11.8 Å². The first-order valence-electron chi connectivity index (χ1n) is 8.07. The number of hydrogen-bond acceptors (Lipinski definition) is 4. The van der Waals surface area contributed by atoms with E-state index in [0.717, 1.165) is 30.6 Å². The van der Waals surface area contributed by atoms with E-state index in [2.05, 4.69) is 10.0 Å². The van der Waals surface area contributed by atoms with Gasteiger partial charge in [0.05, 0.1) is 10.6 Å². The van der Waals surface area contributed by atoms with E-state index in [1.54, 1.807) is 30.0 Å².